The number of benzene rings is 2. The Morgan fingerprint density at radius 1 is 1.06 bits per heavy atom. The number of rotatable bonds is 6. The van der Waals surface area contributed by atoms with Gasteiger partial charge in [0.1, 0.15) is 6.33 Å². The lowest BCUT2D eigenvalue weighted by Gasteiger charge is -2.28. The van der Waals surface area contributed by atoms with Crippen molar-refractivity contribution in [2.75, 3.05) is 33.9 Å². The fourth-order valence-electron chi connectivity index (χ4n) is 4.30. The van der Waals surface area contributed by atoms with Crippen molar-refractivity contribution in [3.8, 4) is 23.1 Å². The molecule has 5 rings (SSSR count). The molecule has 0 bridgehead atoms. The van der Waals surface area contributed by atoms with Crippen LogP contribution in [0.25, 0.3) is 21.8 Å². The van der Waals surface area contributed by atoms with E-state index in [1.54, 1.807) is 31.4 Å². The van der Waals surface area contributed by atoms with Gasteiger partial charge in [0.25, 0.3) is 0 Å². The number of aryl methyl sites for hydroxylation is 1. The highest BCUT2D eigenvalue weighted by atomic mass is 19.1. The molecule has 1 aliphatic heterocycles. The highest BCUT2D eigenvalue weighted by Gasteiger charge is 2.20. The average Bonchev–Trinajstić information content (AvgIpc) is 3.21. The maximum Gasteiger partial charge on any atom is 0.230 e. The number of aromatic amines is 1. The van der Waals surface area contributed by atoms with Crippen LogP contribution in [0.1, 0.15) is 18.5 Å². The van der Waals surface area contributed by atoms with E-state index in [2.05, 4.69) is 26.9 Å². The molecule has 1 aliphatic rings. The smallest absolute Gasteiger partial charge is 0.230 e. The Bertz CT molecular complexity index is 1300. The minimum atomic E-state index is -0.436. The topological polar surface area (TPSA) is 72.5 Å². The molecule has 33 heavy (non-hydrogen) atoms. The van der Waals surface area contributed by atoms with Crippen molar-refractivity contribution in [3.05, 3.63) is 48.2 Å². The number of piperidine rings is 1. The van der Waals surface area contributed by atoms with Gasteiger partial charge in [-0.1, -0.05) is 0 Å². The third-order valence-electron chi connectivity index (χ3n) is 6.24. The predicted octanol–water partition coefficient (Wildman–Crippen LogP) is 5.08. The first-order valence-corrected chi connectivity index (χ1v) is 11.1. The van der Waals surface area contributed by atoms with Crippen LogP contribution >= 0.6 is 0 Å². The summed E-state index contributed by atoms with van der Waals surface area (Å²) in [6, 6.07) is 8.75. The highest BCUT2D eigenvalue weighted by Crippen LogP contribution is 2.37. The fraction of sp³-hybridized carbons (Fsp3) is 0.360. The van der Waals surface area contributed by atoms with Crippen LogP contribution in [-0.4, -0.2) is 53.7 Å². The lowest BCUT2D eigenvalue weighted by Crippen LogP contribution is -2.32. The van der Waals surface area contributed by atoms with Crippen LogP contribution in [0.3, 0.4) is 0 Å². The Hall–Kier alpha value is -3.39. The van der Waals surface area contributed by atoms with Gasteiger partial charge in [-0.15, -0.1) is 0 Å². The second-order valence-corrected chi connectivity index (χ2v) is 8.65. The van der Waals surface area contributed by atoms with E-state index in [0.29, 0.717) is 40.3 Å². The summed E-state index contributed by atoms with van der Waals surface area (Å²) >= 11 is 0. The van der Waals surface area contributed by atoms with Crippen LogP contribution in [0, 0.1) is 18.7 Å². The molecule has 2 aromatic carbocycles. The standard InChI is InChI=1S/C25H27FN4O3/c1-15-10-17-19(29-15)4-5-21(24(17)26)33-25-18-11-22(31-3)23(12-20(18)27-14-28-25)32-13-16-6-8-30(2)9-7-16/h4-5,10-12,14,16,29H,6-9,13H2,1-3H3. The largest absolute Gasteiger partial charge is 0.493 e. The van der Waals surface area contributed by atoms with E-state index in [4.69, 9.17) is 14.2 Å². The lowest BCUT2D eigenvalue weighted by atomic mass is 9.98. The first-order valence-electron chi connectivity index (χ1n) is 11.1. The van der Waals surface area contributed by atoms with Gasteiger partial charge < -0.3 is 24.1 Å². The molecule has 0 atom stereocenters. The summed E-state index contributed by atoms with van der Waals surface area (Å²) in [4.78, 5) is 14.1. The number of hydrogen-bond acceptors (Lipinski definition) is 6. The van der Waals surface area contributed by atoms with Gasteiger partial charge in [-0.05, 0) is 70.1 Å². The quantitative estimate of drug-likeness (QED) is 0.442. The number of hydrogen-bond donors (Lipinski definition) is 1. The van der Waals surface area contributed by atoms with Crippen molar-refractivity contribution in [1.29, 1.82) is 0 Å². The molecule has 1 saturated heterocycles. The Kier molecular flexibility index (Phi) is 5.76. The van der Waals surface area contributed by atoms with Gasteiger partial charge in [0.2, 0.25) is 5.88 Å². The zero-order chi connectivity index (χ0) is 22.9. The third-order valence-corrected chi connectivity index (χ3v) is 6.24. The van der Waals surface area contributed by atoms with Crippen molar-refractivity contribution < 1.29 is 18.6 Å². The zero-order valence-corrected chi connectivity index (χ0v) is 19.0. The van der Waals surface area contributed by atoms with Crippen molar-refractivity contribution in [3.63, 3.8) is 0 Å². The molecule has 0 saturated carbocycles. The van der Waals surface area contributed by atoms with E-state index in [0.717, 1.165) is 37.1 Å². The number of nitrogens with one attached hydrogen (secondary N) is 1. The van der Waals surface area contributed by atoms with E-state index >= 15 is 4.39 Å². The molecular weight excluding hydrogens is 423 g/mol. The minimum absolute atomic E-state index is 0.100. The molecule has 0 radical (unpaired) electrons. The number of nitrogens with zero attached hydrogens (tertiary/aromatic N) is 3. The molecule has 0 spiro atoms. The van der Waals surface area contributed by atoms with Crippen LogP contribution in [0.2, 0.25) is 0 Å². The molecule has 7 nitrogen and oxygen atoms in total. The second kappa shape index (κ2) is 8.86. The summed E-state index contributed by atoms with van der Waals surface area (Å²) in [5, 5.41) is 1.09. The zero-order valence-electron chi connectivity index (χ0n) is 19.0. The molecule has 0 amide bonds. The van der Waals surface area contributed by atoms with Gasteiger partial charge in [-0.25, -0.2) is 14.4 Å². The number of H-pyrrole nitrogens is 1. The van der Waals surface area contributed by atoms with E-state index in [9.17, 15) is 0 Å². The van der Waals surface area contributed by atoms with Gasteiger partial charge in [-0.2, -0.15) is 0 Å². The molecule has 0 unspecified atom stereocenters. The molecule has 2 aromatic heterocycles. The van der Waals surface area contributed by atoms with E-state index in [1.807, 2.05) is 13.0 Å². The molecule has 8 heteroatoms. The predicted molar refractivity (Wildman–Crippen MR) is 125 cm³/mol. The molecule has 0 aliphatic carbocycles. The van der Waals surface area contributed by atoms with E-state index < -0.39 is 5.82 Å². The van der Waals surface area contributed by atoms with Gasteiger partial charge in [0.15, 0.2) is 23.1 Å². The van der Waals surface area contributed by atoms with E-state index in [1.165, 1.54) is 6.33 Å². The van der Waals surface area contributed by atoms with Gasteiger partial charge in [0, 0.05) is 22.7 Å². The summed E-state index contributed by atoms with van der Waals surface area (Å²) < 4.78 is 32.7. The molecule has 3 heterocycles. The summed E-state index contributed by atoms with van der Waals surface area (Å²) in [6.07, 6.45) is 3.63. The Labute approximate surface area is 191 Å². The SMILES string of the molecule is COc1cc2c(Oc3ccc4[nH]c(C)cc4c3F)ncnc2cc1OCC1CCN(C)CC1. The Morgan fingerprint density at radius 2 is 1.88 bits per heavy atom. The van der Waals surface area contributed by atoms with Crippen molar-refractivity contribution >= 4 is 21.8 Å². The number of likely N-dealkylation sites (tertiary alicyclic amines) is 1. The summed E-state index contributed by atoms with van der Waals surface area (Å²) in [5.41, 5.74) is 2.24. The normalized spacial score (nSPS) is 15.3. The molecular formula is C25H27FN4O3. The van der Waals surface area contributed by atoms with Crippen LogP contribution in [0.5, 0.6) is 23.1 Å². The monoisotopic (exact) mass is 450 g/mol. The molecule has 172 valence electrons. The molecule has 1 fully saturated rings. The number of methoxy groups -OCH3 is 1. The number of ether oxygens (including phenoxy) is 3. The minimum Gasteiger partial charge on any atom is -0.493 e. The fourth-order valence-corrected chi connectivity index (χ4v) is 4.30. The maximum atomic E-state index is 15.0. The summed E-state index contributed by atoms with van der Waals surface area (Å²) in [6.45, 7) is 4.69. The van der Waals surface area contributed by atoms with Crippen LogP contribution in [-0.2, 0) is 0 Å². The third kappa shape index (κ3) is 4.30. The summed E-state index contributed by atoms with van der Waals surface area (Å²) in [5.74, 6) is 1.62. The van der Waals surface area contributed by atoms with Gasteiger partial charge in [-0.3, -0.25) is 0 Å². The van der Waals surface area contributed by atoms with Gasteiger partial charge >= 0.3 is 0 Å². The molecule has 4 aromatic rings. The van der Waals surface area contributed by atoms with Crippen molar-refractivity contribution in [1.82, 2.24) is 19.9 Å². The number of fused-ring (bicyclic) bond motifs is 2. The maximum absolute atomic E-state index is 15.0. The first kappa shape index (κ1) is 21.5. The average molecular weight is 451 g/mol. The summed E-state index contributed by atoms with van der Waals surface area (Å²) in [7, 11) is 3.74. The van der Waals surface area contributed by atoms with Crippen molar-refractivity contribution in [2.45, 2.75) is 19.8 Å². The molecule has 1 N–H and O–H groups in total. The highest BCUT2D eigenvalue weighted by molar-refractivity contribution is 5.87. The van der Waals surface area contributed by atoms with Crippen molar-refractivity contribution in [2.24, 2.45) is 5.92 Å². The van der Waals surface area contributed by atoms with Crippen LogP contribution in [0.4, 0.5) is 4.39 Å². The Morgan fingerprint density at radius 3 is 2.67 bits per heavy atom. The number of aromatic nitrogens is 3. The van der Waals surface area contributed by atoms with Crippen LogP contribution in [0.15, 0.2) is 36.7 Å². The van der Waals surface area contributed by atoms with E-state index in [-0.39, 0.29) is 11.6 Å². The first-order chi connectivity index (χ1) is 16.0. The van der Waals surface area contributed by atoms with Crippen LogP contribution < -0.4 is 14.2 Å². The lowest BCUT2D eigenvalue weighted by molar-refractivity contribution is 0.157. The number of halogens is 1. The Balaban J connectivity index is 1.43. The second-order valence-electron chi connectivity index (χ2n) is 8.65. The van der Waals surface area contributed by atoms with Gasteiger partial charge in [0.05, 0.1) is 24.6 Å².